The van der Waals surface area contributed by atoms with E-state index >= 15 is 0 Å². The van der Waals surface area contributed by atoms with E-state index in [0.29, 0.717) is 28.5 Å². The fraction of sp³-hybridized carbons (Fsp3) is 0.429. The fourth-order valence-electron chi connectivity index (χ4n) is 4.79. The van der Waals surface area contributed by atoms with Gasteiger partial charge in [0, 0.05) is 23.4 Å². The molecule has 11 nitrogen and oxygen atoms in total. The van der Waals surface area contributed by atoms with Crippen LogP contribution in [0.4, 0.5) is 11.6 Å². The molecule has 0 fully saturated rings. The van der Waals surface area contributed by atoms with Crippen LogP contribution in [0.1, 0.15) is 65.1 Å². The van der Waals surface area contributed by atoms with Gasteiger partial charge in [-0.3, -0.25) is 14.3 Å². The summed E-state index contributed by atoms with van der Waals surface area (Å²) in [5.41, 5.74) is 6.22. The Hall–Kier alpha value is -3.99. The van der Waals surface area contributed by atoms with Crippen molar-refractivity contribution in [1.82, 2.24) is 24.7 Å². The van der Waals surface area contributed by atoms with Crippen LogP contribution in [0.2, 0.25) is 5.02 Å². The van der Waals surface area contributed by atoms with Crippen molar-refractivity contribution in [2.45, 2.75) is 66.3 Å². The normalized spacial score (nSPS) is 17.3. The van der Waals surface area contributed by atoms with Crippen LogP contribution in [0.3, 0.4) is 0 Å². The van der Waals surface area contributed by atoms with E-state index in [9.17, 15) is 14.7 Å². The van der Waals surface area contributed by atoms with Crippen LogP contribution in [-0.2, 0) is 28.0 Å². The molecule has 40 heavy (non-hydrogen) atoms. The standard InChI is InChI=1S/C28H32ClN7O4/c1-26(2,3)9-10-36-17-11-14(29)7-8-16(17)19(35-36)22-32-20(30)18-21(33-22)34-23(37)28(18,6)24-31-15(13-40-24)12-27(4,5)25(38)39/h7-8,11,13H,9-10,12H2,1-6H3,(H,38,39)(H3,30,32,33,34,37). The summed E-state index contributed by atoms with van der Waals surface area (Å²) >= 11 is 6.31. The Balaban J connectivity index is 1.56. The second kappa shape index (κ2) is 9.29. The highest BCUT2D eigenvalue weighted by molar-refractivity contribution is 6.31. The first-order chi connectivity index (χ1) is 18.6. The van der Waals surface area contributed by atoms with Crippen molar-refractivity contribution >= 4 is 46.0 Å². The van der Waals surface area contributed by atoms with Crippen molar-refractivity contribution in [2.24, 2.45) is 10.8 Å². The number of nitrogens with two attached hydrogens (primary N) is 1. The summed E-state index contributed by atoms with van der Waals surface area (Å²) in [6.45, 7) is 12.0. The Morgan fingerprint density at radius 2 is 1.93 bits per heavy atom. The summed E-state index contributed by atoms with van der Waals surface area (Å²) < 4.78 is 7.59. The highest BCUT2D eigenvalue weighted by atomic mass is 35.5. The number of carboxylic acid groups (broad SMARTS) is 1. The zero-order valence-electron chi connectivity index (χ0n) is 23.3. The third-order valence-corrected chi connectivity index (χ3v) is 7.54. The number of nitrogens with one attached hydrogen (secondary N) is 1. The van der Waals surface area contributed by atoms with Gasteiger partial charge >= 0.3 is 5.97 Å². The molecule has 4 aromatic rings. The van der Waals surface area contributed by atoms with E-state index in [1.807, 2.05) is 16.8 Å². The maximum absolute atomic E-state index is 13.3. The largest absolute Gasteiger partial charge is 0.481 e. The maximum atomic E-state index is 13.3. The second-order valence-electron chi connectivity index (χ2n) is 12.3. The minimum Gasteiger partial charge on any atom is -0.481 e. The zero-order chi connectivity index (χ0) is 29.2. The number of benzene rings is 1. The Bertz CT molecular complexity index is 1670. The van der Waals surface area contributed by atoms with Crippen LogP contribution < -0.4 is 11.1 Å². The van der Waals surface area contributed by atoms with Gasteiger partial charge in [0.1, 0.15) is 23.6 Å². The van der Waals surface area contributed by atoms with E-state index < -0.39 is 22.7 Å². The first kappa shape index (κ1) is 27.6. The quantitative estimate of drug-likeness (QED) is 0.278. The number of carbonyl (C=O) groups excluding carboxylic acids is 1. The number of anilines is 2. The number of aromatic nitrogens is 5. The number of aryl methyl sites for hydroxylation is 1. The molecule has 12 heteroatoms. The fourth-order valence-corrected chi connectivity index (χ4v) is 4.95. The molecule has 0 bridgehead atoms. The number of fused-ring (bicyclic) bond motifs is 2. The van der Waals surface area contributed by atoms with Gasteiger partial charge in [0.25, 0.3) is 0 Å². The second-order valence-corrected chi connectivity index (χ2v) is 12.7. The smallest absolute Gasteiger partial charge is 0.309 e. The molecule has 1 aromatic carbocycles. The van der Waals surface area contributed by atoms with Crippen LogP contribution in [0.25, 0.3) is 22.4 Å². The third-order valence-electron chi connectivity index (χ3n) is 7.30. The number of hydrogen-bond donors (Lipinski definition) is 3. The lowest BCUT2D eigenvalue weighted by Crippen LogP contribution is -2.33. The lowest BCUT2D eigenvalue weighted by atomic mass is 9.84. The molecule has 0 saturated heterocycles. The van der Waals surface area contributed by atoms with Crippen molar-refractivity contribution < 1.29 is 19.1 Å². The SMILES string of the molecule is CC(C)(C)CCn1nc(-c2nc(N)c3c(n2)NC(=O)C3(C)c2nc(CC(C)(C)C(=O)O)co2)c2ccc(Cl)cc21. The molecule has 0 radical (unpaired) electrons. The van der Waals surface area contributed by atoms with Gasteiger partial charge in [0.15, 0.2) is 11.2 Å². The van der Waals surface area contributed by atoms with Crippen LogP contribution >= 0.6 is 11.6 Å². The molecule has 1 aliphatic rings. The topological polar surface area (TPSA) is 162 Å². The van der Waals surface area contributed by atoms with Gasteiger partial charge in [-0.25, -0.2) is 15.0 Å². The van der Waals surface area contributed by atoms with Gasteiger partial charge in [0.2, 0.25) is 11.8 Å². The Morgan fingerprint density at radius 3 is 2.60 bits per heavy atom. The number of nitrogens with zero attached hydrogens (tertiary/aromatic N) is 5. The Kier molecular flexibility index (Phi) is 6.41. The molecule has 1 unspecified atom stereocenters. The maximum Gasteiger partial charge on any atom is 0.309 e. The number of rotatable bonds is 7. The first-order valence-electron chi connectivity index (χ1n) is 12.9. The molecule has 0 saturated carbocycles. The van der Waals surface area contributed by atoms with Gasteiger partial charge in [-0.05, 0) is 50.8 Å². The number of oxazole rings is 1. The summed E-state index contributed by atoms with van der Waals surface area (Å²) in [5, 5.41) is 18.5. The van der Waals surface area contributed by atoms with E-state index in [1.165, 1.54) is 6.26 Å². The molecule has 1 aliphatic heterocycles. The van der Waals surface area contributed by atoms with Crippen LogP contribution in [0.15, 0.2) is 28.9 Å². The number of hydrogen-bond acceptors (Lipinski definition) is 8. The molecule has 0 spiro atoms. The van der Waals surface area contributed by atoms with E-state index in [-0.39, 0.29) is 35.2 Å². The lowest BCUT2D eigenvalue weighted by Gasteiger charge is -2.19. The van der Waals surface area contributed by atoms with Crippen LogP contribution in [0.5, 0.6) is 0 Å². The third kappa shape index (κ3) is 4.68. The van der Waals surface area contributed by atoms with Crippen molar-refractivity contribution in [2.75, 3.05) is 11.1 Å². The molecular weight excluding hydrogens is 534 g/mol. The lowest BCUT2D eigenvalue weighted by molar-refractivity contribution is -0.146. The van der Waals surface area contributed by atoms with Crippen molar-refractivity contribution in [3.05, 3.63) is 46.6 Å². The molecule has 0 aliphatic carbocycles. The monoisotopic (exact) mass is 565 g/mol. The average Bonchev–Trinajstić information content (AvgIpc) is 3.52. The summed E-state index contributed by atoms with van der Waals surface area (Å²) in [6.07, 6.45) is 2.37. The molecule has 1 amide bonds. The molecule has 3 aromatic heterocycles. The van der Waals surface area contributed by atoms with Crippen molar-refractivity contribution in [3.63, 3.8) is 0 Å². The molecule has 1 atom stereocenters. The number of halogens is 1. The summed E-state index contributed by atoms with van der Waals surface area (Å²) in [6, 6.07) is 5.51. The first-order valence-corrected chi connectivity index (χ1v) is 13.3. The van der Waals surface area contributed by atoms with E-state index in [2.05, 4.69) is 41.0 Å². The summed E-state index contributed by atoms with van der Waals surface area (Å²) in [7, 11) is 0. The van der Waals surface area contributed by atoms with Gasteiger partial charge in [-0.15, -0.1) is 0 Å². The highest BCUT2D eigenvalue weighted by Gasteiger charge is 2.51. The van der Waals surface area contributed by atoms with Gasteiger partial charge < -0.3 is 20.6 Å². The number of carboxylic acids is 1. The number of aliphatic carboxylic acids is 1. The van der Waals surface area contributed by atoms with Crippen LogP contribution in [-0.4, -0.2) is 41.7 Å². The summed E-state index contributed by atoms with van der Waals surface area (Å²) in [4.78, 5) is 38.6. The molecule has 210 valence electrons. The summed E-state index contributed by atoms with van der Waals surface area (Å²) in [5.74, 6) is -0.731. The van der Waals surface area contributed by atoms with E-state index in [4.69, 9.17) is 26.9 Å². The average molecular weight is 566 g/mol. The minimum absolute atomic E-state index is 0.0783. The predicted octanol–water partition coefficient (Wildman–Crippen LogP) is 5.06. The molecule has 5 rings (SSSR count). The number of nitrogen functional groups attached to an aromatic ring is 1. The minimum atomic E-state index is -1.41. The highest BCUT2D eigenvalue weighted by Crippen LogP contribution is 2.45. The van der Waals surface area contributed by atoms with Gasteiger partial charge in [-0.2, -0.15) is 5.10 Å². The van der Waals surface area contributed by atoms with E-state index in [0.717, 1.165) is 17.3 Å². The van der Waals surface area contributed by atoms with Crippen LogP contribution in [0, 0.1) is 10.8 Å². The van der Waals surface area contributed by atoms with Gasteiger partial charge in [0.05, 0.1) is 22.2 Å². The van der Waals surface area contributed by atoms with Crippen molar-refractivity contribution in [3.8, 4) is 11.5 Å². The number of amides is 1. The molecule has 4 heterocycles. The molecule has 4 N–H and O–H groups in total. The predicted molar refractivity (Wildman–Crippen MR) is 151 cm³/mol. The van der Waals surface area contributed by atoms with Gasteiger partial charge in [-0.1, -0.05) is 32.4 Å². The van der Waals surface area contributed by atoms with E-state index in [1.54, 1.807) is 26.8 Å². The Morgan fingerprint density at radius 1 is 1.20 bits per heavy atom. The van der Waals surface area contributed by atoms with Crippen molar-refractivity contribution in [1.29, 1.82) is 0 Å². The number of carbonyl (C=O) groups is 2. The Labute approximate surface area is 236 Å². The molecular formula is C28H32ClN7O4. The zero-order valence-corrected chi connectivity index (χ0v) is 24.0.